The van der Waals surface area contributed by atoms with E-state index < -0.39 is 47.9 Å². The number of rotatable bonds is 11. The van der Waals surface area contributed by atoms with Gasteiger partial charge >= 0.3 is 5.97 Å². The van der Waals surface area contributed by atoms with Gasteiger partial charge in [0.25, 0.3) is 0 Å². The zero-order valence-corrected chi connectivity index (χ0v) is 16.5. The van der Waals surface area contributed by atoms with Gasteiger partial charge in [0.1, 0.15) is 18.1 Å². The molecule has 0 saturated carbocycles. The first-order valence-corrected chi connectivity index (χ1v) is 9.55. The Hall–Kier alpha value is -2.34. The van der Waals surface area contributed by atoms with Crippen LogP contribution < -0.4 is 27.0 Å². The number of carbonyl (C=O) groups excluding carboxylic acids is 4. The van der Waals surface area contributed by atoms with Crippen molar-refractivity contribution in [1.29, 1.82) is 0 Å². The van der Waals surface area contributed by atoms with Crippen LogP contribution in [0.2, 0.25) is 0 Å². The van der Waals surface area contributed by atoms with Crippen molar-refractivity contribution in [2.45, 2.75) is 56.8 Å². The lowest BCUT2D eigenvalue weighted by Crippen LogP contribution is -2.57. The number of nitrogens with one attached hydrogen (secondary N) is 4. The van der Waals surface area contributed by atoms with Crippen molar-refractivity contribution >= 4 is 42.2 Å². The van der Waals surface area contributed by atoms with Crippen LogP contribution in [-0.4, -0.2) is 71.2 Å². The Labute approximate surface area is 168 Å². The van der Waals surface area contributed by atoms with Gasteiger partial charge in [-0.2, -0.15) is 12.6 Å². The number of primary amides is 1. The Morgan fingerprint density at radius 3 is 2.29 bits per heavy atom. The van der Waals surface area contributed by atoms with Crippen LogP contribution >= 0.6 is 12.6 Å². The van der Waals surface area contributed by atoms with Gasteiger partial charge in [-0.1, -0.05) is 0 Å². The molecule has 0 aromatic rings. The van der Waals surface area contributed by atoms with Crippen molar-refractivity contribution in [3.63, 3.8) is 0 Å². The molecule has 0 spiro atoms. The molecule has 11 nitrogen and oxygen atoms in total. The highest BCUT2D eigenvalue weighted by atomic mass is 32.1. The molecule has 158 valence electrons. The third kappa shape index (κ3) is 7.72. The normalized spacial score (nSPS) is 19.1. The lowest BCUT2D eigenvalue weighted by Gasteiger charge is -2.23. The van der Waals surface area contributed by atoms with Gasteiger partial charge in [0.2, 0.25) is 23.6 Å². The highest BCUT2D eigenvalue weighted by molar-refractivity contribution is 7.80. The molecule has 1 heterocycles. The van der Waals surface area contributed by atoms with Crippen molar-refractivity contribution in [1.82, 2.24) is 21.3 Å². The number of aliphatic carboxylic acids is 1. The van der Waals surface area contributed by atoms with E-state index in [0.717, 1.165) is 6.42 Å². The fourth-order valence-corrected chi connectivity index (χ4v) is 2.84. The van der Waals surface area contributed by atoms with Crippen LogP contribution in [0.4, 0.5) is 0 Å². The summed E-state index contributed by atoms with van der Waals surface area (Å²) in [5.74, 6) is -3.75. The number of amides is 4. The van der Waals surface area contributed by atoms with Crippen LogP contribution in [0.25, 0.3) is 0 Å². The second kappa shape index (κ2) is 11.5. The first-order chi connectivity index (χ1) is 13.1. The maximum Gasteiger partial charge on any atom is 0.325 e. The van der Waals surface area contributed by atoms with E-state index in [9.17, 15) is 24.0 Å². The number of hydrogen-bond acceptors (Lipinski definition) is 7. The molecule has 4 unspecified atom stereocenters. The molecule has 0 aromatic heterocycles. The lowest BCUT2D eigenvalue weighted by molar-refractivity contribution is -0.141. The Kier molecular flexibility index (Phi) is 9.73. The molecule has 1 rings (SSSR count). The topological polar surface area (TPSA) is 180 Å². The second-order valence-electron chi connectivity index (χ2n) is 6.53. The largest absolute Gasteiger partial charge is 0.480 e. The zero-order valence-electron chi connectivity index (χ0n) is 15.6. The Morgan fingerprint density at radius 1 is 1.14 bits per heavy atom. The Balaban J connectivity index is 2.75. The number of carboxylic acids is 1. The third-order valence-corrected chi connectivity index (χ3v) is 4.60. The number of thiol groups is 1. The van der Waals surface area contributed by atoms with Crippen LogP contribution in [0.3, 0.4) is 0 Å². The van der Waals surface area contributed by atoms with E-state index in [1.165, 1.54) is 6.92 Å². The first-order valence-electron chi connectivity index (χ1n) is 8.92. The van der Waals surface area contributed by atoms with Crippen LogP contribution in [-0.2, 0) is 24.0 Å². The highest BCUT2D eigenvalue weighted by Crippen LogP contribution is 2.07. The van der Waals surface area contributed by atoms with E-state index >= 15 is 0 Å². The van der Waals surface area contributed by atoms with Crippen LogP contribution in [0.5, 0.6) is 0 Å². The summed E-state index contributed by atoms with van der Waals surface area (Å²) in [4.78, 5) is 58.9. The molecule has 1 saturated heterocycles. The molecule has 1 aliphatic heterocycles. The van der Waals surface area contributed by atoms with Crippen molar-refractivity contribution in [2.75, 3.05) is 12.3 Å². The summed E-state index contributed by atoms with van der Waals surface area (Å²) in [6.07, 6.45) is 1.29. The Morgan fingerprint density at radius 2 is 1.79 bits per heavy atom. The molecule has 7 N–H and O–H groups in total. The van der Waals surface area contributed by atoms with Gasteiger partial charge in [0, 0.05) is 12.2 Å². The fourth-order valence-electron chi connectivity index (χ4n) is 2.58. The monoisotopic (exact) mass is 417 g/mol. The van der Waals surface area contributed by atoms with Crippen LogP contribution in [0, 0.1) is 0 Å². The minimum atomic E-state index is -1.23. The number of nitrogens with two attached hydrogens (primary N) is 1. The maximum absolute atomic E-state index is 12.6. The molecule has 1 aliphatic rings. The molecular weight excluding hydrogens is 390 g/mol. The van der Waals surface area contributed by atoms with Gasteiger partial charge in [-0.3, -0.25) is 24.0 Å². The molecule has 0 aromatic carbocycles. The van der Waals surface area contributed by atoms with Crippen LogP contribution in [0.15, 0.2) is 0 Å². The average molecular weight is 417 g/mol. The first kappa shape index (κ1) is 23.7. The third-order valence-electron chi connectivity index (χ3n) is 4.23. The van der Waals surface area contributed by atoms with E-state index in [1.54, 1.807) is 0 Å². The Bertz CT molecular complexity index is 610. The van der Waals surface area contributed by atoms with Gasteiger partial charge in [-0.05, 0) is 32.7 Å². The number of hydrogen-bond donors (Lipinski definition) is 7. The molecule has 0 radical (unpaired) electrons. The summed E-state index contributed by atoms with van der Waals surface area (Å²) < 4.78 is 0. The smallest absolute Gasteiger partial charge is 0.325 e. The van der Waals surface area contributed by atoms with E-state index in [4.69, 9.17) is 10.8 Å². The maximum atomic E-state index is 12.6. The predicted octanol–water partition coefficient (Wildman–Crippen LogP) is -2.51. The minimum Gasteiger partial charge on any atom is -0.480 e. The van der Waals surface area contributed by atoms with E-state index in [0.29, 0.717) is 13.0 Å². The molecule has 0 bridgehead atoms. The molecule has 12 heteroatoms. The van der Waals surface area contributed by atoms with E-state index in [1.807, 2.05) is 0 Å². The van der Waals surface area contributed by atoms with Crippen molar-refractivity contribution in [3.8, 4) is 0 Å². The second-order valence-corrected chi connectivity index (χ2v) is 6.89. The molecule has 28 heavy (non-hydrogen) atoms. The summed E-state index contributed by atoms with van der Waals surface area (Å²) in [6, 6.07) is -3.76. The SMILES string of the molecule is CC(NC(=O)C(CS)NC(=O)C(CCC(N)=O)NC(=O)C1CCCN1)C(=O)O. The van der Waals surface area contributed by atoms with Crippen molar-refractivity contribution in [2.24, 2.45) is 5.73 Å². The standard InChI is InChI=1S/C16H27N5O6S/c1-8(16(26)27)19-15(25)11(7-28)21-14(24)10(4-5-12(17)22)20-13(23)9-3-2-6-18-9/h8-11,18,28H,2-7H2,1H3,(H2,17,22)(H,19,25)(H,20,23)(H,21,24)(H,26,27). The van der Waals surface area contributed by atoms with Gasteiger partial charge in [-0.25, -0.2) is 0 Å². The van der Waals surface area contributed by atoms with Crippen molar-refractivity contribution < 1.29 is 29.1 Å². The molecule has 4 amide bonds. The average Bonchev–Trinajstić information content (AvgIpc) is 3.17. The van der Waals surface area contributed by atoms with Gasteiger partial charge in [0.05, 0.1) is 6.04 Å². The lowest BCUT2D eigenvalue weighted by atomic mass is 10.1. The fraction of sp³-hybridized carbons (Fsp3) is 0.688. The minimum absolute atomic E-state index is 0.0356. The molecule has 4 atom stereocenters. The predicted molar refractivity (Wildman–Crippen MR) is 102 cm³/mol. The van der Waals surface area contributed by atoms with E-state index in [2.05, 4.69) is 33.9 Å². The molecular formula is C16H27N5O6S. The summed E-state index contributed by atoms with van der Waals surface area (Å²) in [7, 11) is 0. The highest BCUT2D eigenvalue weighted by Gasteiger charge is 2.30. The molecule has 0 aliphatic carbocycles. The molecule has 1 fully saturated rings. The summed E-state index contributed by atoms with van der Waals surface area (Å²) >= 11 is 4.00. The van der Waals surface area contributed by atoms with Crippen LogP contribution in [0.1, 0.15) is 32.6 Å². The van der Waals surface area contributed by atoms with Crippen molar-refractivity contribution in [3.05, 3.63) is 0 Å². The summed E-state index contributed by atoms with van der Waals surface area (Å²) in [6.45, 7) is 1.97. The summed E-state index contributed by atoms with van der Waals surface area (Å²) in [5.41, 5.74) is 5.13. The quantitative estimate of drug-likeness (QED) is 0.181. The number of carboxylic acid groups (broad SMARTS) is 1. The van der Waals surface area contributed by atoms with E-state index in [-0.39, 0.29) is 24.5 Å². The zero-order chi connectivity index (χ0) is 21.3. The summed E-state index contributed by atoms with van der Waals surface area (Å²) in [5, 5.41) is 19.1. The number of carbonyl (C=O) groups is 5. The van der Waals surface area contributed by atoms with Gasteiger partial charge < -0.3 is 32.1 Å². The van der Waals surface area contributed by atoms with Gasteiger partial charge in [-0.15, -0.1) is 0 Å². The van der Waals surface area contributed by atoms with Gasteiger partial charge in [0.15, 0.2) is 0 Å².